The summed E-state index contributed by atoms with van der Waals surface area (Å²) in [6.07, 6.45) is 1.87. The van der Waals surface area contributed by atoms with E-state index in [9.17, 15) is 0 Å². The number of fused-ring (bicyclic) bond motifs is 6. The van der Waals surface area contributed by atoms with Crippen molar-refractivity contribution in [2.45, 2.75) is 0 Å². The summed E-state index contributed by atoms with van der Waals surface area (Å²) in [5, 5.41) is 3.38. The van der Waals surface area contributed by atoms with Gasteiger partial charge in [0, 0.05) is 44.7 Å². The fraction of sp³-hybridized carbons (Fsp3) is 0. The van der Waals surface area contributed by atoms with Crippen LogP contribution in [0.4, 0.5) is 0 Å². The molecule has 0 radical (unpaired) electrons. The minimum atomic E-state index is 0.569. The zero-order chi connectivity index (χ0) is 33.0. The lowest BCUT2D eigenvalue weighted by Crippen LogP contribution is -2.07. The molecule has 4 heterocycles. The topological polar surface area (TPSA) is 61.4 Å². The van der Waals surface area contributed by atoms with Crippen LogP contribution >= 0.6 is 0 Å². The van der Waals surface area contributed by atoms with E-state index in [4.69, 9.17) is 19.9 Å². The first-order chi connectivity index (χ1) is 24.8. The zero-order valence-corrected chi connectivity index (χ0v) is 26.8. The maximum Gasteiger partial charge on any atom is 0.238 e. The van der Waals surface area contributed by atoms with Gasteiger partial charge in [0.2, 0.25) is 5.95 Å². The Bertz CT molecular complexity index is 2800. The van der Waals surface area contributed by atoms with Crippen LogP contribution in [0.3, 0.4) is 0 Å². The van der Waals surface area contributed by atoms with Gasteiger partial charge in [-0.1, -0.05) is 121 Å². The molecule has 0 saturated carbocycles. The molecule has 0 bridgehead atoms. The average molecular weight is 641 g/mol. The average Bonchev–Trinajstić information content (AvgIpc) is 3.71. The Morgan fingerprint density at radius 1 is 0.400 bits per heavy atom. The van der Waals surface area contributed by atoms with Gasteiger partial charge in [-0.3, -0.25) is 9.55 Å². The molecule has 234 valence electrons. The SMILES string of the molecule is c1ccc(-c2nc(-c3ccccc3)nc(-n3c4ccccc4c4cccc(-c5ccc6c7ncccc7n(-c7ccccc7)c6c5)c43)n2)cc1. The third-order valence-electron chi connectivity index (χ3n) is 9.43. The fourth-order valence-corrected chi connectivity index (χ4v) is 7.21. The van der Waals surface area contributed by atoms with Crippen molar-refractivity contribution < 1.29 is 0 Å². The van der Waals surface area contributed by atoms with E-state index in [0.29, 0.717) is 17.6 Å². The number of benzene rings is 6. The smallest absolute Gasteiger partial charge is 0.238 e. The van der Waals surface area contributed by atoms with Gasteiger partial charge in [0.25, 0.3) is 0 Å². The Kier molecular flexibility index (Phi) is 6.39. The Labute approximate surface area is 287 Å². The van der Waals surface area contributed by atoms with E-state index in [2.05, 4.69) is 100 Å². The highest BCUT2D eigenvalue weighted by atomic mass is 15.2. The van der Waals surface area contributed by atoms with Crippen molar-refractivity contribution in [1.82, 2.24) is 29.1 Å². The predicted octanol–water partition coefficient (Wildman–Crippen LogP) is 10.5. The van der Waals surface area contributed by atoms with Gasteiger partial charge in [-0.2, -0.15) is 9.97 Å². The molecule has 0 atom stereocenters. The van der Waals surface area contributed by atoms with Crippen LogP contribution in [0.1, 0.15) is 0 Å². The molecule has 10 aromatic rings. The molecule has 0 aliphatic rings. The molecule has 4 aromatic heterocycles. The maximum absolute atomic E-state index is 5.17. The summed E-state index contributed by atoms with van der Waals surface area (Å²) in [6.45, 7) is 0. The van der Waals surface area contributed by atoms with Crippen LogP contribution in [0.25, 0.3) is 89.3 Å². The molecule has 0 unspecified atom stereocenters. The Morgan fingerprint density at radius 3 is 1.78 bits per heavy atom. The molecule has 0 N–H and O–H groups in total. The number of rotatable bonds is 5. The molecular formula is C44H28N6. The largest absolute Gasteiger partial charge is 0.308 e. The number of hydrogen-bond acceptors (Lipinski definition) is 4. The van der Waals surface area contributed by atoms with Crippen molar-refractivity contribution in [1.29, 1.82) is 0 Å². The number of pyridine rings is 1. The molecule has 6 nitrogen and oxygen atoms in total. The van der Waals surface area contributed by atoms with Gasteiger partial charge in [0.05, 0.1) is 27.6 Å². The Balaban J connectivity index is 1.28. The van der Waals surface area contributed by atoms with Crippen LogP contribution in [0.15, 0.2) is 170 Å². The summed E-state index contributed by atoms with van der Waals surface area (Å²) in [6, 6.07) is 56.6. The van der Waals surface area contributed by atoms with Gasteiger partial charge in [0.1, 0.15) is 0 Å². The molecule has 0 saturated heterocycles. The van der Waals surface area contributed by atoms with Gasteiger partial charge in [-0.15, -0.1) is 0 Å². The normalized spacial score (nSPS) is 11.6. The first kappa shape index (κ1) is 28.1. The van der Waals surface area contributed by atoms with Crippen molar-refractivity contribution in [2.24, 2.45) is 0 Å². The van der Waals surface area contributed by atoms with Crippen molar-refractivity contribution in [3.8, 4) is 45.5 Å². The molecular weight excluding hydrogens is 613 g/mol. The molecule has 0 fully saturated rings. The predicted molar refractivity (Wildman–Crippen MR) is 203 cm³/mol. The van der Waals surface area contributed by atoms with E-state index in [1.165, 1.54) is 0 Å². The lowest BCUT2D eigenvalue weighted by atomic mass is 10.0. The molecule has 0 aliphatic heterocycles. The summed E-state index contributed by atoms with van der Waals surface area (Å²) >= 11 is 0. The summed E-state index contributed by atoms with van der Waals surface area (Å²) in [5.41, 5.74) is 10.4. The summed E-state index contributed by atoms with van der Waals surface area (Å²) in [7, 11) is 0. The third-order valence-corrected chi connectivity index (χ3v) is 9.43. The first-order valence-electron chi connectivity index (χ1n) is 16.7. The molecule has 6 aromatic carbocycles. The lowest BCUT2D eigenvalue weighted by molar-refractivity contribution is 0.954. The highest BCUT2D eigenvalue weighted by molar-refractivity contribution is 6.15. The van der Waals surface area contributed by atoms with Gasteiger partial charge in [-0.25, -0.2) is 4.98 Å². The van der Waals surface area contributed by atoms with Crippen LogP contribution in [0.5, 0.6) is 0 Å². The quantitative estimate of drug-likeness (QED) is 0.188. The summed E-state index contributed by atoms with van der Waals surface area (Å²) in [5.74, 6) is 1.82. The van der Waals surface area contributed by atoms with E-state index in [1.807, 2.05) is 79.0 Å². The van der Waals surface area contributed by atoms with Gasteiger partial charge in [-0.05, 0) is 48.0 Å². The van der Waals surface area contributed by atoms with Crippen molar-refractivity contribution in [3.05, 3.63) is 170 Å². The number of hydrogen-bond donors (Lipinski definition) is 0. The Morgan fingerprint density at radius 2 is 1.04 bits per heavy atom. The van der Waals surface area contributed by atoms with Crippen LogP contribution in [0.2, 0.25) is 0 Å². The number of para-hydroxylation sites is 3. The highest BCUT2D eigenvalue weighted by Crippen LogP contribution is 2.40. The van der Waals surface area contributed by atoms with Crippen LogP contribution in [-0.4, -0.2) is 29.1 Å². The van der Waals surface area contributed by atoms with Crippen molar-refractivity contribution >= 4 is 43.7 Å². The van der Waals surface area contributed by atoms with Crippen LogP contribution in [-0.2, 0) is 0 Å². The molecule has 0 amide bonds. The van der Waals surface area contributed by atoms with Crippen LogP contribution < -0.4 is 0 Å². The number of aromatic nitrogens is 6. The third kappa shape index (κ3) is 4.43. The van der Waals surface area contributed by atoms with E-state index < -0.39 is 0 Å². The standard InChI is InChI=1S/C44H28N6/c1-4-14-29(15-5-1)42-46-43(30-16-6-2-7-17-30)48-44(47-42)50-37-23-11-10-20-34(37)35-22-12-21-33(41(35)50)31-25-26-36-39(28-31)49(32-18-8-3-9-19-32)38-24-13-27-45-40(36)38/h1-28H. The van der Waals surface area contributed by atoms with E-state index >= 15 is 0 Å². The molecule has 0 aliphatic carbocycles. The molecule has 6 heteroatoms. The monoisotopic (exact) mass is 640 g/mol. The van der Waals surface area contributed by atoms with E-state index in [1.54, 1.807) is 0 Å². The summed E-state index contributed by atoms with van der Waals surface area (Å²) in [4.78, 5) is 20.1. The van der Waals surface area contributed by atoms with Crippen LogP contribution in [0, 0.1) is 0 Å². The highest BCUT2D eigenvalue weighted by Gasteiger charge is 2.21. The van der Waals surface area contributed by atoms with Crippen molar-refractivity contribution in [2.75, 3.05) is 0 Å². The van der Waals surface area contributed by atoms with Gasteiger partial charge < -0.3 is 4.57 Å². The second-order valence-electron chi connectivity index (χ2n) is 12.3. The fourth-order valence-electron chi connectivity index (χ4n) is 7.21. The second-order valence-corrected chi connectivity index (χ2v) is 12.3. The first-order valence-corrected chi connectivity index (χ1v) is 16.7. The van der Waals surface area contributed by atoms with E-state index in [0.717, 1.165) is 71.7 Å². The van der Waals surface area contributed by atoms with Gasteiger partial charge >= 0.3 is 0 Å². The molecule has 0 spiro atoms. The molecule has 10 rings (SSSR count). The maximum atomic E-state index is 5.17. The van der Waals surface area contributed by atoms with Gasteiger partial charge in [0.15, 0.2) is 11.6 Å². The Hall–Kier alpha value is -6.92. The number of nitrogens with zero attached hydrogens (tertiary/aromatic N) is 6. The minimum absolute atomic E-state index is 0.569. The summed E-state index contributed by atoms with van der Waals surface area (Å²) < 4.78 is 4.51. The minimum Gasteiger partial charge on any atom is -0.308 e. The second kappa shape index (κ2) is 11.4. The van der Waals surface area contributed by atoms with E-state index in [-0.39, 0.29) is 0 Å². The lowest BCUT2D eigenvalue weighted by Gasteiger charge is -2.13. The zero-order valence-electron chi connectivity index (χ0n) is 26.8. The van der Waals surface area contributed by atoms with Crippen molar-refractivity contribution in [3.63, 3.8) is 0 Å². The molecule has 50 heavy (non-hydrogen) atoms.